The smallest absolute Gasteiger partial charge is 0.313 e. The molecule has 0 aliphatic carbocycles. The maximum Gasteiger partial charge on any atom is 0.313 e. The molecule has 2 unspecified atom stereocenters. The number of amides is 2. The highest BCUT2D eigenvalue weighted by Crippen LogP contribution is 2.23. The molecule has 0 bridgehead atoms. The van der Waals surface area contributed by atoms with E-state index < -0.39 is 11.8 Å². The van der Waals surface area contributed by atoms with Crippen LogP contribution < -0.4 is 5.32 Å². The number of piperidine rings is 1. The average molecular weight is 300 g/mol. The van der Waals surface area contributed by atoms with Gasteiger partial charge >= 0.3 is 11.8 Å². The summed E-state index contributed by atoms with van der Waals surface area (Å²) in [6, 6.07) is 5.54. The van der Waals surface area contributed by atoms with E-state index in [4.69, 9.17) is 0 Å². The number of aromatic amines is 1. The Morgan fingerprint density at radius 1 is 1.27 bits per heavy atom. The number of rotatable bonds is 1. The van der Waals surface area contributed by atoms with Crippen molar-refractivity contribution in [1.29, 1.82) is 0 Å². The van der Waals surface area contributed by atoms with Gasteiger partial charge in [0.1, 0.15) is 0 Å². The first-order valence-corrected chi connectivity index (χ1v) is 7.63. The number of fused-ring (bicyclic) bond motifs is 1. The van der Waals surface area contributed by atoms with Crippen molar-refractivity contribution < 1.29 is 9.59 Å². The molecule has 0 spiro atoms. The third-order valence-electron chi connectivity index (χ3n) is 4.30. The first-order chi connectivity index (χ1) is 10.6. The lowest BCUT2D eigenvalue weighted by Gasteiger charge is -2.38. The van der Waals surface area contributed by atoms with Crippen LogP contribution in [0.5, 0.6) is 0 Å². The normalized spacial score (nSPS) is 21.8. The van der Waals surface area contributed by atoms with Crippen molar-refractivity contribution in [1.82, 2.24) is 14.9 Å². The molecule has 2 amide bonds. The molecule has 2 aromatic rings. The van der Waals surface area contributed by atoms with Gasteiger partial charge in [-0.3, -0.25) is 9.59 Å². The summed E-state index contributed by atoms with van der Waals surface area (Å²) < 4.78 is 0. The third-order valence-corrected chi connectivity index (χ3v) is 4.30. The Morgan fingerprint density at radius 2 is 2.00 bits per heavy atom. The van der Waals surface area contributed by atoms with Crippen molar-refractivity contribution in [2.75, 3.05) is 5.32 Å². The number of carbonyl (C=O) groups is 2. The van der Waals surface area contributed by atoms with Gasteiger partial charge in [0.25, 0.3) is 0 Å². The van der Waals surface area contributed by atoms with Gasteiger partial charge in [0.05, 0.1) is 17.4 Å². The quantitative estimate of drug-likeness (QED) is 0.793. The van der Waals surface area contributed by atoms with Gasteiger partial charge in [-0.2, -0.15) is 0 Å². The number of likely N-dealkylation sites (tertiary alicyclic amines) is 1. The van der Waals surface area contributed by atoms with E-state index in [1.165, 1.54) is 0 Å². The second-order valence-electron chi connectivity index (χ2n) is 5.93. The van der Waals surface area contributed by atoms with Crippen LogP contribution in [0.15, 0.2) is 24.5 Å². The van der Waals surface area contributed by atoms with Gasteiger partial charge in [0, 0.05) is 17.8 Å². The van der Waals surface area contributed by atoms with Crippen molar-refractivity contribution in [2.24, 2.45) is 0 Å². The largest absolute Gasteiger partial charge is 0.345 e. The minimum atomic E-state index is -0.584. The summed E-state index contributed by atoms with van der Waals surface area (Å²) in [5, 5.41) is 2.68. The lowest BCUT2D eigenvalue weighted by atomic mass is 9.97. The number of aromatic nitrogens is 2. The van der Waals surface area contributed by atoms with Crippen LogP contribution in [0.4, 0.5) is 5.69 Å². The molecule has 2 atom stereocenters. The second kappa shape index (κ2) is 5.79. The summed E-state index contributed by atoms with van der Waals surface area (Å²) in [6.07, 6.45) is 4.59. The number of benzene rings is 1. The van der Waals surface area contributed by atoms with Gasteiger partial charge in [-0.05, 0) is 51.3 Å². The summed E-state index contributed by atoms with van der Waals surface area (Å²) in [4.78, 5) is 33.5. The topological polar surface area (TPSA) is 78.1 Å². The number of nitrogens with zero attached hydrogens (tertiary/aromatic N) is 2. The summed E-state index contributed by atoms with van der Waals surface area (Å²) in [5.74, 6) is -1.04. The van der Waals surface area contributed by atoms with E-state index in [2.05, 4.69) is 15.3 Å². The van der Waals surface area contributed by atoms with Crippen LogP contribution in [0.3, 0.4) is 0 Å². The SMILES string of the molecule is CC1CCCC(C)N1C(=O)C(=O)Nc1ccc2nc[nH]c2c1. The Bertz CT molecular complexity index is 699. The minimum absolute atomic E-state index is 0.108. The highest BCUT2D eigenvalue weighted by molar-refractivity contribution is 6.39. The molecule has 3 rings (SSSR count). The van der Waals surface area contributed by atoms with Crippen molar-refractivity contribution in [3.8, 4) is 0 Å². The highest BCUT2D eigenvalue weighted by Gasteiger charge is 2.32. The fourth-order valence-electron chi connectivity index (χ4n) is 3.14. The fraction of sp³-hybridized carbons (Fsp3) is 0.438. The van der Waals surface area contributed by atoms with E-state index in [1.54, 1.807) is 29.4 Å². The standard InChI is InChI=1S/C16H20N4O2/c1-10-4-3-5-11(2)20(10)16(22)15(21)19-12-6-7-13-14(8-12)18-9-17-13/h6-11H,3-5H2,1-2H3,(H,17,18)(H,19,21). The van der Waals surface area contributed by atoms with Crippen LogP contribution >= 0.6 is 0 Å². The summed E-state index contributed by atoms with van der Waals surface area (Å²) in [7, 11) is 0. The molecule has 0 radical (unpaired) electrons. The van der Waals surface area contributed by atoms with Crippen LogP contribution in [0.2, 0.25) is 0 Å². The molecule has 2 N–H and O–H groups in total. The van der Waals surface area contributed by atoms with E-state index in [9.17, 15) is 9.59 Å². The first-order valence-electron chi connectivity index (χ1n) is 7.63. The molecule has 1 saturated heterocycles. The van der Waals surface area contributed by atoms with Crippen molar-refractivity contribution in [3.05, 3.63) is 24.5 Å². The Labute approximate surface area is 128 Å². The van der Waals surface area contributed by atoms with E-state index in [-0.39, 0.29) is 12.1 Å². The van der Waals surface area contributed by atoms with Crippen LogP contribution in [-0.2, 0) is 9.59 Å². The zero-order valence-electron chi connectivity index (χ0n) is 12.8. The average Bonchev–Trinajstić information content (AvgIpc) is 2.94. The van der Waals surface area contributed by atoms with Crippen LogP contribution in [0, 0.1) is 0 Å². The third kappa shape index (κ3) is 2.68. The van der Waals surface area contributed by atoms with Gasteiger partial charge in [-0.1, -0.05) is 0 Å². The van der Waals surface area contributed by atoms with Crippen LogP contribution in [0.25, 0.3) is 11.0 Å². The number of carbonyl (C=O) groups excluding carboxylic acids is 2. The number of nitrogens with one attached hydrogen (secondary N) is 2. The number of imidazole rings is 1. The highest BCUT2D eigenvalue weighted by atomic mass is 16.2. The predicted molar refractivity (Wildman–Crippen MR) is 84.3 cm³/mol. The molecule has 1 fully saturated rings. The Hall–Kier alpha value is -2.37. The summed E-state index contributed by atoms with van der Waals surface area (Å²) >= 11 is 0. The number of hydrogen-bond acceptors (Lipinski definition) is 3. The van der Waals surface area contributed by atoms with Gasteiger partial charge in [-0.15, -0.1) is 0 Å². The Morgan fingerprint density at radius 3 is 2.73 bits per heavy atom. The lowest BCUT2D eigenvalue weighted by Crippen LogP contribution is -2.51. The van der Waals surface area contributed by atoms with E-state index >= 15 is 0 Å². The molecule has 1 aliphatic heterocycles. The van der Waals surface area contributed by atoms with Crippen LogP contribution in [0.1, 0.15) is 33.1 Å². The molecule has 22 heavy (non-hydrogen) atoms. The molecular formula is C16H20N4O2. The lowest BCUT2D eigenvalue weighted by molar-refractivity contribution is -0.147. The fourth-order valence-corrected chi connectivity index (χ4v) is 3.14. The van der Waals surface area contributed by atoms with Crippen molar-refractivity contribution in [2.45, 2.75) is 45.2 Å². The minimum Gasteiger partial charge on any atom is -0.345 e. The number of hydrogen-bond donors (Lipinski definition) is 2. The van der Waals surface area contributed by atoms with Gasteiger partial charge in [0.15, 0.2) is 0 Å². The number of H-pyrrole nitrogens is 1. The summed E-state index contributed by atoms with van der Waals surface area (Å²) in [5.41, 5.74) is 2.24. The van der Waals surface area contributed by atoms with E-state index in [0.717, 1.165) is 30.3 Å². The van der Waals surface area contributed by atoms with Gasteiger partial charge in [0.2, 0.25) is 0 Å². The molecule has 1 aromatic heterocycles. The zero-order chi connectivity index (χ0) is 15.7. The predicted octanol–water partition coefficient (Wildman–Crippen LogP) is 2.29. The molecule has 116 valence electrons. The van der Waals surface area contributed by atoms with Crippen LogP contribution in [-0.4, -0.2) is 38.8 Å². The van der Waals surface area contributed by atoms with Gasteiger partial charge in [-0.25, -0.2) is 4.98 Å². The van der Waals surface area contributed by atoms with E-state index in [1.807, 2.05) is 13.8 Å². The first kappa shape index (κ1) is 14.6. The molecule has 1 aromatic carbocycles. The molecule has 2 heterocycles. The Kier molecular flexibility index (Phi) is 3.83. The monoisotopic (exact) mass is 300 g/mol. The molecular weight excluding hydrogens is 280 g/mol. The van der Waals surface area contributed by atoms with Crippen molar-refractivity contribution in [3.63, 3.8) is 0 Å². The zero-order valence-corrected chi connectivity index (χ0v) is 12.8. The molecule has 0 saturated carbocycles. The number of anilines is 1. The maximum absolute atomic E-state index is 12.4. The maximum atomic E-state index is 12.4. The van der Waals surface area contributed by atoms with Crippen molar-refractivity contribution >= 4 is 28.5 Å². The summed E-state index contributed by atoms with van der Waals surface area (Å²) in [6.45, 7) is 4.00. The molecule has 1 aliphatic rings. The van der Waals surface area contributed by atoms with Gasteiger partial charge < -0.3 is 15.2 Å². The molecule has 6 heteroatoms. The van der Waals surface area contributed by atoms with E-state index in [0.29, 0.717) is 5.69 Å². The molecule has 6 nitrogen and oxygen atoms in total. The Balaban J connectivity index is 1.74. The second-order valence-corrected chi connectivity index (χ2v) is 5.93.